The number of carboxylic acids is 1. The van der Waals surface area contributed by atoms with Gasteiger partial charge in [-0.25, -0.2) is 14.8 Å². The molecule has 1 aliphatic heterocycles. The van der Waals surface area contributed by atoms with Crippen LogP contribution < -0.4 is 4.90 Å². The van der Waals surface area contributed by atoms with Gasteiger partial charge in [0.25, 0.3) is 0 Å². The first-order chi connectivity index (χ1) is 11.0. The molecule has 0 saturated carbocycles. The van der Waals surface area contributed by atoms with E-state index in [4.69, 9.17) is 5.11 Å². The van der Waals surface area contributed by atoms with Crippen molar-refractivity contribution < 1.29 is 15.0 Å². The van der Waals surface area contributed by atoms with Gasteiger partial charge in [-0.3, -0.25) is 0 Å². The topological polar surface area (TPSA) is 86.5 Å². The summed E-state index contributed by atoms with van der Waals surface area (Å²) in [6, 6.07) is 5.38. The highest BCUT2D eigenvalue weighted by atomic mass is 32.1. The van der Waals surface area contributed by atoms with Crippen LogP contribution in [-0.4, -0.2) is 39.2 Å². The van der Waals surface area contributed by atoms with Crippen molar-refractivity contribution in [2.24, 2.45) is 5.92 Å². The second-order valence-corrected chi connectivity index (χ2v) is 6.76. The van der Waals surface area contributed by atoms with Crippen molar-refractivity contribution in [2.75, 3.05) is 18.0 Å². The van der Waals surface area contributed by atoms with Crippen LogP contribution in [0.5, 0.6) is 0 Å². The van der Waals surface area contributed by atoms with Gasteiger partial charge in [0.15, 0.2) is 5.69 Å². The summed E-state index contributed by atoms with van der Waals surface area (Å²) in [6.07, 6.45) is 1.24. The Hall–Kier alpha value is -1.99. The number of carboxylic acid groups (broad SMARTS) is 1. The van der Waals surface area contributed by atoms with Gasteiger partial charge in [0.2, 0.25) is 5.95 Å². The molecule has 1 atom stereocenters. The average molecular weight is 333 g/mol. The van der Waals surface area contributed by atoms with E-state index in [1.807, 2.05) is 22.4 Å². The van der Waals surface area contributed by atoms with Crippen LogP contribution in [0.15, 0.2) is 23.6 Å². The molecule has 0 radical (unpaired) electrons. The Labute approximate surface area is 138 Å². The van der Waals surface area contributed by atoms with E-state index in [9.17, 15) is 9.90 Å². The molecule has 3 heterocycles. The van der Waals surface area contributed by atoms with E-state index in [1.165, 1.54) is 6.07 Å². The number of carbonyl (C=O) groups is 1. The maximum absolute atomic E-state index is 11.1. The monoisotopic (exact) mass is 333 g/mol. The van der Waals surface area contributed by atoms with Crippen LogP contribution in [0.25, 0.3) is 0 Å². The lowest BCUT2D eigenvalue weighted by atomic mass is 9.90. The lowest BCUT2D eigenvalue weighted by molar-refractivity contribution is 0.0690. The zero-order chi connectivity index (χ0) is 16.4. The SMILES string of the molecule is Cc1cc(C(=O)O)nc(N2CCC(C(O)c3cccs3)CC2)n1. The number of hydrogen-bond donors (Lipinski definition) is 2. The molecule has 1 unspecified atom stereocenters. The highest BCUT2D eigenvalue weighted by molar-refractivity contribution is 7.10. The van der Waals surface area contributed by atoms with E-state index >= 15 is 0 Å². The zero-order valence-electron chi connectivity index (χ0n) is 12.8. The Kier molecular flexibility index (Phi) is 4.58. The van der Waals surface area contributed by atoms with Crippen LogP contribution in [0.1, 0.15) is 40.0 Å². The van der Waals surface area contributed by atoms with Gasteiger partial charge < -0.3 is 15.1 Å². The van der Waals surface area contributed by atoms with Crippen molar-refractivity contribution in [3.05, 3.63) is 39.8 Å². The summed E-state index contributed by atoms with van der Waals surface area (Å²) in [4.78, 5) is 22.6. The molecule has 6 nitrogen and oxygen atoms in total. The van der Waals surface area contributed by atoms with E-state index in [1.54, 1.807) is 18.3 Å². The molecule has 3 rings (SSSR count). The fourth-order valence-electron chi connectivity index (χ4n) is 2.91. The summed E-state index contributed by atoms with van der Waals surface area (Å²) in [5, 5.41) is 21.5. The average Bonchev–Trinajstić information content (AvgIpc) is 3.08. The number of aromatic nitrogens is 2. The van der Waals surface area contributed by atoms with Gasteiger partial charge in [-0.05, 0) is 43.2 Å². The number of piperidine rings is 1. The molecule has 2 aromatic heterocycles. The minimum Gasteiger partial charge on any atom is -0.477 e. The Morgan fingerprint density at radius 2 is 2.13 bits per heavy atom. The maximum Gasteiger partial charge on any atom is 0.354 e. The molecule has 2 N–H and O–H groups in total. The summed E-state index contributed by atoms with van der Waals surface area (Å²) >= 11 is 1.58. The Morgan fingerprint density at radius 3 is 2.74 bits per heavy atom. The molecule has 1 saturated heterocycles. The van der Waals surface area contributed by atoms with Gasteiger partial charge in [-0.1, -0.05) is 6.07 Å². The van der Waals surface area contributed by atoms with Gasteiger partial charge in [0, 0.05) is 23.7 Å². The maximum atomic E-state index is 11.1. The third kappa shape index (κ3) is 3.51. The molecule has 0 amide bonds. The standard InChI is InChI=1S/C16H19N3O3S/c1-10-9-12(15(21)22)18-16(17-10)19-6-4-11(5-7-19)14(20)13-3-2-8-23-13/h2-3,8-9,11,14,20H,4-7H2,1H3,(H,21,22). The van der Waals surface area contributed by atoms with Crippen molar-refractivity contribution in [1.82, 2.24) is 9.97 Å². The summed E-state index contributed by atoms with van der Waals surface area (Å²) in [6.45, 7) is 3.20. The van der Waals surface area contributed by atoms with Gasteiger partial charge in [-0.15, -0.1) is 11.3 Å². The van der Waals surface area contributed by atoms with E-state index < -0.39 is 12.1 Å². The molecule has 0 bridgehead atoms. The normalized spacial score (nSPS) is 17.2. The van der Waals surface area contributed by atoms with Gasteiger partial charge in [0.1, 0.15) is 0 Å². The molecule has 0 aromatic carbocycles. The number of aryl methyl sites for hydroxylation is 1. The minimum atomic E-state index is -1.04. The summed E-state index contributed by atoms with van der Waals surface area (Å²) in [5.74, 6) is -0.361. The quantitative estimate of drug-likeness (QED) is 0.894. The number of aromatic carboxylic acids is 1. The van der Waals surface area contributed by atoms with E-state index in [2.05, 4.69) is 9.97 Å². The predicted molar refractivity (Wildman–Crippen MR) is 87.9 cm³/mol. The van der Waals surface area contributed by atoms with Crippen LogP contribution >= 0.6 is 11.3 Å². The second-order valence-electron chi connectivity index (χ2n) is 5.78. The van der Waals surface area contributed by atoms with Crippen LogP contribution in [0.3, 0.4) is 0 Å². The minimum absolute atomic E-state index is 0.0215. The number of anilines is 1. The summed E-state index contributed by atoms with van der Waals surface area (Å²) in [7, 11) is 0. The first-order valence-corrected chi connectivity index (χ1v) is 8.48. The molecule has 1 fully saturated rings. The fourth-order valence-corrected chi connectivity index (χ4v) is 3.71. The largest absolute Gasteiger partial charge is 0.477 e. The third-order valence-corrected chi connectivity index (χ3v) is 5.11. The molecule has 2 aromatic rings. The van der Waals surface area contributed by atoms with Gasteiger partial charge in [-0.2, -0.15) is 0 Å². The number of rotatable bonds is 4. The van der Waals surface area contributed by atoms with E-state index in [-0.39, 0.29) is 11.6 Å². The van der Waals surface area contributed by atoms with Crippen molar-refractivity contribution in [1.29, 1.82) is 0 Å². The predicted octanol–water partition coefficient (Wildman–Crippen LogP) is 2.49. The fraction of sp³-hybridized carbons (Fsp3) is 0.438. The Bertz CT molecular complexity index is 682. The molecule has 0 aliphatic carbocycles. The lowest BCUT2D eigenvalue weighted by Gasteiger charge is -2.34. The third-order valence-electron chi connectivity index (χ3n) is 4.17. The first kappa shape index (κ1) is 15.9. The van der Waals surface area contributed by atoms with Gasteiger partial charge in [0.05, 0.1) is 6.10 Å². The van der Waals surface area contributed by atoms with Crippen LogP contribution in [0, 0.1) is 12.8 Å². The first-order valence-electron chi connectivity index (χ1n) is 7.60. The number of aliphatic hydroxyl groups is 1. The molecule has 0 spiro atoms. The highest BCUT2D eigenvalue weighted by Gasteiger charge is 2.28. The van der Waals surface area contributed by atoms with Gasteiger partial charge >= 0.3 is 5.97 Å². The van der Waals surface area contributed by atoms with E-state index in [0.29, 0.717) is 11.6 Å². The molecular weight excluding hydrogens is 314 g/mol. The van der Waals surface area contributed by atoms with Crippen LogP contribution in [-0.2, 0) is 0 Å². The second kappa shape index (κ2) is 6.64. The molecule has 7 heteroatoms. The Morgan fingerprint density at radius 1 is 1.39 bits per heavy atom. The zero-order valence-corrected chi connectivity index (χ0v) is 13.7. The molecule has 122 valence electrons. The molecule has 1 aliphatic rings. The van der Waals surface area contributed by atoms with Crippen molar-refractivity contribution in [3.63, 3.8) is 0 Å². The van der Waals surface area contributed by atoms with Crippen LogP contribution in [0.4, 0.5) is 5.95 Å². The summed E-state index contributed by atoms with van der Waals surface area (Å²) < 4.78 is 0. The summed E-state index contributed by atoms with van der Waals surface area (Å²) in [5.41, 5.74) is 0.668. The number of hydrogen-bond acceptors (Lipinski definition) is 6. The number of aliphatic hydroxyl groups excluding tert-OH is 1. The lowest BCUT2D eigenvalue weighted by Crippen LogP contribution is -2.37. The smallest absolute Gasteiger partial charge is 0.354 e. The Balaban J connectivity index is 1.68. The van der Waals surface area contributed by atoms with Crippen molar-refractivity contribution in [3.8, 4) is 0 Å². The van der Waals surface area contributed by atoms with Crippen molar-refractivity contribution in [2.45, 2.75) is 25.9 Å². The number of nitrogens with zero attached hydrogens (tertiary/aromatic N) is 3. The molecular formula is C16H19N3O3S. The number of thiophene rings is 1. The highest BCUT2D eigenvalue weighted by Crippen LogP contribution is 2.33. The van der Waals surface area contributed by atoms with E-state index in [0.717, 1.165) is 30.8 Å². The molecule has 23 heavy (non-hydrogen) atoms. The van der Waals surface area contributed by atoms with Crippen molar-refractivity contribution >= 4 is 23.3 Å². The van der Waals surface area contributed by atoms with Crippen LogP contribution in [0.2, 0.25) is 0 Å².